The van der Waals surface area contributed by atoms with E-state index in [1.165, 1.54) is 0 Å². The fraction of sp³-hybridized carbons (Fsp3) is 0.917. The zero-order valence-electron chi connectivity index (χ0n) is 9.91. The van der Waals surface area contributed by atoms with Gasteiger partial charge in [-0.2, -0.15) is 0 Å². The van der Waals surface area contributed by atoms with Crippen molar-refractivity contribution in [3.05, 3.63) is 0 Å². The molecule has 2 N–H and O–H groups in total. The molecule has 0 radical (unpaired) electrons. The Morgan fingerprint density at radius 2 is 1.62 bits per heavy atom. The molecule has 16 heavy (non-hydrogen) atoms. The summed E-state index contributed by atoms with van der Waals surface area (Å²) >= 11 is 0. The first-order valence-electron chi connectivity index (χ1n) is 6.06. The van der Waals surface area contributed by atoms with Crippen molar-refractivity contribution in [3.63, 3.8) is 0 Å². The highest BCUT2D eigenvalue weighted by atomic mass is 16.3. The summed E-state index contributed by atoms with van der Waals surface area (Å²) in [6, 6.07) is 0. The Labute approximate surface area is 96.3 Å². The minimum absolute atomic E-state index is 0.0167. The van der Waals surface area contributed by atoms with Crippen molar-refractivity contribution in [2.45, 2.75) is 32.6 Å². The van der Waals surface area contributed by atoms with Gasteiger partial charge in [-0.25, -0.2) is 0 Å². The van der Waals surface area contributed by atoms with Crippen LogP contribution in [-0.4, -0.2) is 47.3 Å². The predicted octanol–water partition coefficient (Wildman–Crippen LogP) is 0.380. The van der Waals surface area contributed by atoms with Crippen molar-refractivity contribution in [1.82, 2.24) is 4.90 Å². The van der Waals surface area contributed by atoms with E-state index in [4.69, 9.17) is 0 Å². The van der Waals surface area contributed by atoms with Gasteiger partial charge < -0.3 is 15.1 Å². The lowest BCUT2D eigenvalue weighted by molar-refractivity contribution is -0.140. The number of likely N-dealkylation sites (tertiary alicyclic amines) is 1. The van der Waals surface area contributed by atoms with Gasteiger partial charge in [0.15, 0.2) is 0 Å². The van der Waals surface area contributed by atoms with Crippen molar-refractivity contribution in [2.75, 3.05) is 26.3 Å². The molecular weight excluding hydrogens is 206 g/mol. The van der Waals surface area contributed by atoms with E-state index < -0.39 is 0 Å². The number of rotatable bonds is 3. The number of hydrogen-bond acceptors (Lipinski definition) is 3. The monoisotopic (exact) mass is 227 g/mol. The van der Waals surface area contributed by atoms with E-state index in [1.807, 2.05) is 11.8 Å². The molecule has 4 nitrogen and oxygen atoms in total. The molecule has 4 heteroatoms. The van der Waals surface area contributed by atoms with Crippen LogP contribution in [0.5, 0.6) is 0 Å². The van der Waals surface area contributed by atoms with E-state index in [-0.39, 0.29) is 30.0 Å². The van der Waals surface area contributed by atoms with Crippen molar-refractivity contribution >= 4 is 5.91 Å². The van der Waals surface area contributed by atoms with Gasteiger partial charge in [0.2, 0.25) is 5.91 Å². The molecule has 0 atom stereocenters. The fourth-order valence-corrected chi connectivity index (χ4v) is 2.33. The molecule has 1 heterocycles. The van der Waals surface area contributed by atoms with Crippen molar-refractivity contribution in [2.24, 2.45) is 10.8 Å². The van der Waals surface area contributed by atoms with Crippen LogP contribution < -0.4 is 0 Å². The fourth-order valence-electron chi connectivity index (χ4n) is 2.33. The van der Waals surface area contributed by atoms with E-state index in [9.17, 15) is 15.0 Å². The number of aliphatic hydroxyl groups is 2. The third-order valence-corrected chi connectivity index (χ3v) is 4.30. The number of carbonyl (C=O) groups excluding carboxylic acids is 1. The van der Waals surface area contributed by atoms with Gasteiger partial charge >= 0.3 is 0 Å². The lowest BCUT2D eigenvalue weighted by Gasteiger charge is -2.40. The number of hydrogen-bond donors (Lipinski definition) is 2. The lowest BCUT2D eigenvalue weighted by atomic mass is 9.79. The van der Waals surface area contributed by atoms with E-state index in [2.05, 4.69) is 0 Å². The summed E-state index contributed by atoms with van der Waals surface area (Å²) in [6.45, 7) is 3.41. The number of amides is 1. The van der Waals surface area contributed by atoms with E-state index in [0.717, 1.165) is 12.8 Å². The van der Waals surface area contributed by atoms with Gasteiger partial charge in [-0.05, 0) is 25.7 Å². The SMILES string of the molecule is CC1(C(=O)N2CCC(CO)(CO)CC2)CC1. The zero-order valence-corrected chi connectivity index (χ0v) is 9.91. The van der Waals surface area contributed by atoms with Crippen LogP contribution in [0.2, 0.25) is 0 Å². The molecular formula is C12H21NO3. The maximum Gasteiger partial charge on any atom is 0.228 e. The first-order chi connectivity index (χ1) is 7.55. The van der Waals surface area contributed by atoms with Crippen LogP contribution in [0, 0.1) is 10.8 Å². The summed E-state index contributed by atoms with van der Waals surface area (Å²) in [7, 11) is 0. The van der Waals surface area contributed by atoms with Gasteiger partial charge in [-0.1, -0.05) is 6.92 Å². The molecule has 2 fully saturated rings. The Kier molecular flexibility index (Phi) is 2.97. The Balaban J connectivity index is 1.92. The molecule has 0 unspecified atom stereocenters. The maximum atomic E-state index is 12.1. The molecule has 1 saturated carbocycles. The summed E-state index contributed by atoms with van der Waals surface area (Å²) in [5, 5.41) is 18.6. The van der Waals surface area contributed by atoms with Gasteiger partial charge in [0, 0.05) is 23.9 Å². The van der Waals surface area contributed by atoms with E-state index >= 15 is 0 Å². The molecule has 0 bridgehead atoms. The predicted molar refractivity (Wildman–Crippen MR) is 59.8 cm³/mol. The minimum Gasteiger partial charge on any atom is -0.396 e. The maximum absolute atomic E-state index is 12.1. The first kappa shape index (κ1) is 11.9. The average Bonchev–Trinajstić information content (AvgIpc) is 3.08. The first-order valence-corrected chi connectivity index (χ1v) is 6.06. The Morgan fingerprint density at radius 1 is 1.12 bits per heavy atom. The summed E-state index contributed by atoms with van der Waals surface area (Å²) in [6.07, 6.45) is 3.44. The summed E-state index contributed by atoms with van der Waals surface area (Å²) in [5.74, 6) is 0.261. The van der Waals surface area contributed by atoms with Crippen molar-refractivity contribution in [1.29, 1.82) is 0 Å². The smallest absolute Gasteiger partial charge is 0.228 e. The molecule has 1 amide bonds. The van der Waals surface area contributed by atoms with Crippen molar-refractivity contribution in [3.8, 4) is 0 Å². The second kappa shape index (κ2) is 4.00. The van der Waals surface area contributed by atoms with Gasteiger partial charge in [-0.15, -0.1) is 0 Å². The Bertz CT molecular complexity index is 272. The minimum atomic E-state index is -0.360. The third-order valence-electron chi connectivity index (χ3n) is 4.30. The largest absolute Gasteiger partial charge is 0.396 e. The Hall–Kier alpha value is -0.610. The summed E-state index contributed by atoms with van der Waals surface area (Å²) in [5.41, 5.74) is -0.459. The second-order valence-corrected chi connectivity index (χ2v) is 5.67. The number of piperidine rings is 1. The molecule has 1 aliphatic carbocycles. The van der Waals surface area contributed by atoms with Crippen LogP contribution in [0.15, 0.2) is 0 Å². The van der Waals surface area contributed by atoms with Crippen LogP contribution in [-0.2, 0) is 4.79 Å². The van der Waals surface area contributed by atoms with E-state index in [1.54, 1.807) is 0 Å². The normalized spacial score (nSPS) is 26.6. The summed E-state index contributed by atoms with van der Waals surface area (Å²) in [4.78, 5) is 14.0. The number of nitrogens with zero attached hydrogens (tertiary/aromatic N) is 1. The molecule has 2 aliphatic rings. The standard InChI is InChI=1S/C12H21NO3/c1-11(2-3-11)10(16)13-6-4-12(8-14,9-15)5-7-13/h14-15H,2-9H2,1H3. The zero-order chi connectivity index (χ0) is 11.8. The lowest BCUT2D eigenvalue weighted by Crippen LogP contribution is -2.48. The third kappa shape index (κ3) is 1.96. The van der Waals surface area contributed by atoms with Gasteiger partial charge in [0.25, 0.3) is 0 Å². The highest BCUT2D eigenvalue weighted by Gasteiger charge is 2.48. The molecule has 1 saturated heterocycles. The Morgan fingerprint density at radius 3 is 2.00 bits per heavy atom. The molecule has 0 aromatic heterocycles. The molecule has 92 valence electrons. The highest BCUT2D eigenvalue weighted by Crippen LogP contribution is 2.47. The van der Waals surface area contributed by atoms with Gasteiger partial charge in [0.05, 0.1) is 13.2 Å². The van der Waals surface area contributed by atoms with Crippen LogP contribution in [0.4, 0.5) is 0 Å². The van der Waals surface area contributed by atoms with E-state index in [0.29, 0.717) is 25.9 Å². The van der Waals surface area contributed by atoms with Gasteiger partial charge in [-0.3, -0.25) is 4.79 Å². The molecule has 2 rings (SSSR count). The highest BCUT2D eigenvalue weighted by molar-refractivity contribution is 5.85. The number of aliphatic hydroxyl groups excluding tert-OH is 2. The second-order valence-electron chi connectivity index (χ2n) is 5.67. The molecule has 0 aromatic rings. The number of carbonyl (C=O) groups is 1. The van der Waals surface area contributed by atoms with Crippen LogP contribution in [0.25, 0.3) is 0 Å². The van der Waals surface area contributed by atoms with Crippen LogP contribution in [0.3, 0.4) is 0 Å². The molecule has 0 spiro atoms. The van der Waals surface area contributed by atoms with Crippen LogP contribution in [0.1, 0.15) is 32.6 Å². The average molecular weight is 227 g/mol. The van der Waals surface area contributed by atoms with Crippen LogP contribution >= 0.6 is 0 Å². The molecule has 1 aliphatic heterocycles. The topological polar surface area (TPSA) is 60.8 Å². The summed E-state index contributed by atoms with van der Waals surface area (Å²) < 4.78 is 0. The molecule has 0 aromatic carbocycles. The van der Waals surface area contributed by atoms with Crippen molar-refractivity contribution < 1.29 is 15.0 Å². The van der Waals surface area contributed by atoms with Gasteiger partial charge in [0.1, 0.15) is 0 Å². The quantitative estimate of drug-likeness (QED) is 0.732.